The lowest BCUT2D eigenvalue weighted by atomic mass is 10.2. The summed E-state index contributed by atoms with van der Waals surface area (Å²) in [6, 6.07) is 3.93. The van der Waals surface area contributed by atoms with Crippen LogP contribution in [-0.4, -0.2) is 21.3 Å². The summed E-state index contributed by atoms with van der Waals surface area (Å²) in [5, 5.41) is 23.4. The second kappa shape index (κ2) is 6.35. The van der Waals surface area contributed by atoms with E-state index in [2.05, 4.69) is 5.10 Å². The molecule has 10 heteroatoms. The normalized spacial score (nSPS) is 11.0. The van der Waals surface area contributed by atoms with E-state index >= 15 is 0 Å². The molecule has 0 saturated heterocycles. The van der Waals surface area contributed by atoms with Crippen molar-refractivity contribution < 1.29 is 22.8 Å². The first-order chi connectivity index (χ1) is 10.8. The smallest absolute Gasteiger partial charge is 0.416 e. The Morgan fingerprint density at radius 2 is 2.17 bits per heavy atom. The minimum absolute atomic E-state index is 0.0568. The molecule has 0 saturated carbocycles. The molecule has 1 heterocycles. The van der Waals surface area contributed by atoms with Crippen molar-refractivity contribution in [1.82, 2.24) is 9.78 Å². The number of aromatic nitrogens is 2. The molecule has 1 aromatic heterocycles. The maximum absolute atomic E-state index is 12.6. The number of benzene rings is 1. The highest BCUT2D eigenvalue weighted by Gasteiger charge is 2.33. The topological polar surface area (TPSA) is 94.0 Å². The molecule has 120 valence electrons. The number of hydrogen-bond acceptors (Lipinski definition) is 5. The number of hydrogen-bond donors (Lipinski definition) is 0. The number of nitro groups is 1. The van der Waals surface area contributed by atoms with Crippen LogP contribution in [0.5, 0.6) is 5.75 Å². The first-order valence-electron chi connectivity index (χ1n) is 6.22. The SMILES string of the molecule is N#Cc1cnn(CCOc2ccc(C(F)(F)F)cc2[N+](=O)[O-])c1. The van der Waals surface area contributed by atoms with Gasteiger partial charge in [-0.25, -0.2) is 0 Å². The Bertz CT molecular complexity index is 765. The summed E-state index contributed by atoms with van der Waals surface area (Å²) >= 11 is 0. The second-order valence-electron chi connectivity index (χ2n) is 4.39. The van der Waals surface area contributed by atoms with Gasteiger partial charge in [0.15, 0.2) is 5.75 Å². The Balaban J connectivity index is 2.10. The van der Waals surface area contributed by atoms with Crippen LogP contribution in [0.1, 0.15) is 11.1 Å². The fourth-order valence-electron chi connectivity index (χ4n) is 1.75. The van der Waals surface area contributed by atoms with Crippen molar-refractivity contribution in [2.75, 3.05) is 6.61 Å². The third kappa shape index (κ3) is 3.97. The number of ether oxygens (including phenoxy) is 1. The molecule has 0 N–H and O–H groups in total. The maximum atomic E-state index is 12.6. The fraction of sp³-hybridized carbons (Fsp3) is 0.231. The van der Waals surface area contributed by atoms with Crippen molar-refractivity contribution in [1.29, 1.82) is 5.26 Å². The Morgan fingerprint density at radius 3 is 2.74 bits per heavy atom. The van der Waals surface area contributed by atoms with Crippen molar-refractivity contribution in [3.8, 4) is 11.8 Å². The number of nitriles is 1. The van der Waals surface area contributed by atoms with Crippen molar-refractivity contribution in [3.05, 3.63) is 51.8 Å². The van der Waals surface area contributed by atoms with Gasteiger partial charge in [0.1, 0.15) is 12.7 Å². The van der Waals surface area contributed by atoms with Gasteiger partial charge in [0.05, 0.1) is 28.8 Å². The highest BCUT2D eigenvalue weighted by molar-refractivity contribution is 5.49. The van der Waals surface area contributed by atoms with E-state index in [4.69, 9.17) is 10.00 Å². The average molecular weight is 326 g/mol. The van der Waals surface area contributed by atoms with Crippen LogP contribution >= 0.6 is 0 Å². The minimum Gasteiger partial charge on any atom is -0.485 e. The molecule has 0 amide bonds. The Hall–Kier alpha value is -3.09. The van der Waals surface area contributed by atoms with Crippen LogP contribution in [0.4, 0.5) is 18.9 Å². The third-order valence-corrected chi connectivity index (χ3v) is 2.82. The molecule has 1 aromatic carbocycles. The van der Waals surface area contributed by atoms with Crippen molar-refractivity contribution >= 4 is 5.69 Å². The van der Waals surface area contributed by atoms with E-state index in [-0.39, 0.29) is 18.9 Å². The highest BCUT2D eigenvalue weighted by Crippen LogP contribution is 2.35. The van der Waals surface area contributed by atoms with Gasteiger partial charge in [-0.2, -0.15) is 23.5 Å². The fourth-order valence-corrected chi connectivity index (χ4v) is 1.75. The summed E-state index contributed by atoms with van der Waals surface area (Å²) in [4.78, 5) is 9.94. The number of nitro benzene ring substituents is 1. The lowest BCUT2D eigenvalue weighted by Gasteiger charge is -2.10. The number of nitrogens with zero attached hydrogens (tertiary/aromatic N) is 4. The van der Waals surface area contributed by atoms with E-state index < -0.39 is 22.4 Å². The number of rotatable bonds is 5. The summed E-state index contributed by atoms with van der Waals surface area (Å²) in [6.45, 7) is 0.124. The molecule has 0 spiro atoms. The van der Waals surface area contributed by atoms with Gasteiger partial charge in [-0.1, -0.05) is 0 Å². The van der Waals surface area contributed by atoms with Crippen LogP contribution in [-0.2, 0) is 12.7 Å². The number of alkyl halides is 3. The quantitative estimate of drug-likeness (QED) is 0.622. The van der Waals surface area contributed by atoms with Crippen molar-refractivity contribution in [3.63, 3.8) is 0 Å². The van der Waals surface area contributed by atoms with Crippen LogP contribution in [0, 0.1) is 21.4 Å². The molecule has 0 aliphatic carbocycles. The third-order valence-electron chi connectivity index (χ3n) is 2.82. The molecular formula is C13H9F3N4O3. The van der Waals surface area contributed by atoms with Gasteiger partial charge in [0.2, 0.25) is 0 Å². The first kappa shape index (κ1) is 16.3. The summed E-state index contributed by atoms with van der Waals surface area (Å²) < 4.78 is 44.3. The van der Waals surface area contributed by atoms with Gasteiger partial charge in [-0.15, -0.1) is 0 Å². The molecule has 0 fully saturated rings. The molecule has 2 rings (SSSR count). The van der Waals surface area contributed by atoms with Crippen LogP contribution in [0.3, 0.4) is 0 Å². The molecule has 0 atom stereocenters. The molecule has 7 nitrogen and oxygen atoms in total. The maximum Gasteiger partial charge on any atom is 0.416 e. The van der Waals surface area contributed by atoms with E-state index in [0.29, 0.717) is 17.7 Å². The van der Waals surface area contributed by atoms with Crippen molar-refractivity contribution in [2.45, 2.75) is 12.7 Å². The van der Waals surface area contributed by atoms with Crippen molar-refractivity contribution in [2.24, 2.45) is 0 Å². The zero-order chi connectivity index (χ0) is 17.0. The molecular weight excluding hydrogens is 317 g/mol. The minimum atomic E-state index is -4.67. The van der Waals surface area contributed by atoms with Crippen LogP contribution in [0.15, 0.2) is 30.6 Å². The predicted molar refractivity (Wildman–Crippen MR) is 70.5 cm³/mol. The number of halogens is 3. The van der Waals surface area contributed by atoms with Gasteiger partial charge in [-0.3, -0.25) is 14.8 Å². The molecule has 0 aliphatic heterocycles. The zero-order valence-corrected chi connectivity index (χ0v) is 11.4. The van der Waals surface area contributed by atoms with Gasteiger partial charge in [-0.05, 0) is 12.1 Å². The van der Waals surface area contributed by atoms with E-state index in [9.17, 15) is 23.3 Å². The zero-order valence-electron chi connectivity index (χ0n) is 11.4. The van der Waals surface area contributed by atoms with Gasteiger partial charge >= 0.3 is 11.9 Å². The predicted octanol–water partition coefficient (Wildman–Crippen LogP) is 2.76. The summed E-state index contributed by atoms with van der Waals surface area (Å²) in [7, 11) is 0. The van der Waals surface area contributed by atoms with Gasteiger partial charge in [0.25, 0.3) is 0 Å². The summed E-state index contributed by atoms with van der Waals surface area (Å²) in [6.07, 6.45) is -1.89. The summed E-state index contributed by atoms with van der Waals surface area (Å²) in [5.41, 5.74) is -1.55. The molecule has 0 unspecified atom stereocenters. The largest absolute Gasteiger partial charge is 0.485 e. The Labute approximate surface area is 127 Å². The van der Waals surface area contributed by atoms with Crippen LogP contribution in [0.25, 0.3) is 0 Å². The lowest BCUT2D eigenvalue weighted by molar-refractivity contribution is -0.386. The van der Waals surface area contributed by atoms with Gasteiger partial charge < -0.3 is 4.74 Å². The first-order valence-corrected chi connectivity index (χ1v) is 6.22. The van der Waals surface area contributed by atoms with E-state index in [1.807, 2.05) is 6.07 Å². The second-order valence-corrected chi connectivity index (χ2v) is 4.39. The van der Waals surface area contributed by atoms with Gasteiger partial charge in [0, 0.05) is 12.3 Å². The average Bonchev–Trinajstić information content (AvgIpc) is 2.94. The molecule has 0 bridgehead atoms. The molecule has 2 aromatic rings. The standard InChI is InChI=1S/C13H9F3N4O3/c14-13(15,16)10-1-2-12(11(5-10)20(21)22)23-4-3-19-8-9(6-17)7-18-19/h1-2,5,7-8H,3-4H2. The highest BCUT2D eigenvalue weighted by atomic mass is 19.4. The Kier molecular flexibility index (Phi) is 4.49. The van der Waals surface area contributed by atoms with E-state index in [1.165, 1.54) is 17.1 Å². The Morgan fingerprint density at radius 1 is 1.43 bits per heavy atom. The molecule has 0 aliphatic rings. The lowest BCUT2D eigenvalue weighted by Crippen LogP contribution is -2.10. The van der Waals surface area contributed by atoms with Crippen LogP contribution < -0.4 is 4.74 Å². The van der Waals surface area contributed by atoms with Crippen LogP contribution in [0.2, 0.25) is 0 Å². The van der Waals surface area contributed by atoms with E-state index in [1.54, 1.807) is 0 Å². The molecule has 0 radical (unpaired) electrons. The molecule has 23 heavy (non-hydrogen) atoms. The van der Waals surface area contributed by atoms with E-state index in [0.717, 1.165) is 6.07 Å². The summed E-state index contributed by atoms with van der Waals surface area (Å²) in [5.74, 6) is -0.268. The monoisotopic (exact) mass is 326 g/mol.